The number of thioether (sulfide) groups is 1. The number of benzene rings is 3. The molecule has 0 fully saturated rings. The first-order valence-corrected chi connectivity index (χ1v) is 11.4. The number of hydrogen-bond acceptors (Lipinski definition) is 7. The number of rotatable bonds is 9. The van der Waals surface area contributed by atoms with E-state index in [1.165, 1.54) is 5.56 Å². The Labute approximate surface area is 200 Å². The number of halogens is 1. The minimum atomic E-state index is -0.195. The second-order valence-electron chi connectivity index (χ2n) is 6.96. The molecule has 0 aliphatic carbocycles. The average Bonchev–Trinajstić information content (AvgIpc) is 3.28. The summed E-state index contributed by atoms with van der Waals surface area (Å²) in [6, 6.07) is 22.1. The molecule has 0 radical (unpaired) electrons. The molecule has 0 spiro atoms. The zero-order valence-electron chi connectivity index (χ0n) is 17.7. The maximum atomic E-state index is 12.3. The van der Waals surface area contributed by atoms with Gasteiger partial charge in [0.15, 0.2) is 6.61 Å². The predicted molar refractivity (Wildman–Crippen MR) is 127 cm³/mol. The second-order valence-corrected chi connectivity index (χ2v) is 8.29. The summed E-state index contributed by atoms with van der Waals surface area (Å²) in [4.78, 5) is 12.3. The number of amides is 1. The maximum absolute atomic E-state index is 12.3. The molecule has 0 unspecified atom stereocenters. The van der Waals surface area contributed by atoms with E-state index in [1.54, 1.807) is 36.4 Å². The van der Waals surface area contributed by atoms with Crippen molar-refractivity contribution in [3.05, 3.63) is 89.3 Å². The summed E-state index contributed by atoms with van der Waals surface area (Å²) in [5, 5.41) is 11.5. The Morgan fingerprint density at radius 1 is 1.00 bits per heavy atom. The molecule has 0 saturated carbocycles. The molecular weight excluding hydrogens is 462 g/mol. The van der Waals surface area contributed by atoms with Gasteiger partial charge in [-0.3, -0.25) is 4.79 Å². The highest BCUT2D eigenvalue weighted by Crippen LogP contribution is 2.25. The highest BCUT2D eigenvalue weighted by molar-refractivity contribution is 7.99. The fraction of sp³-hybridized carbons (Fsp3) is 0.125. The van der Waals surface area contributed by atoms with Crippen LogP contribution in [0.15, 0.2) is 82.4 Å². The Hall–Kier alpha value is -3.49. The molecule has 1 aromatic heterocycles. The number of nitrogens with one attached hydrogen (secondary N) is 1. The molecule has 1 amide bonds. The monoisotopic (exact) mass is 481 g/mol. The van der Waals surface area contributed by atoms with E-state index in [4.69, 9.17) is 25.5 Å². The molecule has 0 aliphatic heterocycles. The molecule has 1 N–H and O–H groups in total. The quantitative estimate of drug-likeness (QED) is 0.287. The number of ether oxygens (including phenoxy) is 2. The molecule has 0 saturated heterocycles. The van der Waals surface area contributed by atoms with E-state index < -0.39 is 0 Å². The first kappa shape index (κ1) is 22.7. The summed E-state index contributed by atoms with van der Waals surface area (Å²) in [5.74, 6) is 2.19. The van der Waals surface area contributed by atoms with Crippen molar-refractivity contribution in [2.45, 2.75) is 18.8 Å². The van der Waals surface area contributed by atoms with Gasteiger partial charge in [0.2, 0.25) is 5.91 Å². The van der Waals surface area contributed by atoms with Gasteiger partial charge in [0, 0.05) is 5.69 Å². The minimum absolute atomic E-state index is 0.0838. The standard InChI is InChI=1S/C24H20ClN3O4S/c1-16-6-10-18(11-7-16)31-19-12-8-17(9-13-19)26-22(29)15-33-24-28-27-23(32-24)14-30-21-5-3-2-4-20(21)25/h2-13H,14-15H2,1H3,(H,26,29). The normalized spacial score (nSPS) is 10.6. The number of anilines is 1. The summed E-state index contributed by atoms with van der Waals surface area (Å²) in [5.41, 5.74) is 1.83. The molecule has 3 aromatic carbocycles. The van der Waals surface area contributed by atoms with Crippen molar-refractivity contribution in [1.29, 1.82) is 0 Å². The molecule has 1 heterocycles. The number of aromatic nitrogens is 2. The van der Waals surface area contributed by atoms with Crippen molar-refractivity contribution < 1.29 is 18.7 Å². The van der Waals surface area contributed by atoms with Crippen LogP contribution in [-0.2, 0) is 11.4 Å². The van der Waals surface area contributed by atoms with Crippen LogP contribution in [0.1, 0.15) is 11.5 Å². The van der Waals surface area contributed by atoms with E-state index in [2.05, 4.69) is 15.5 Å². The number of para-hydroxylation sites is 1. The minimum Gasteiger partial charge on any atom is -0.482 e. The zero-order chi connectivity index (χ0) is 23.0. The lowest BCUT2D eigenvalue weighted by Gasteiger charge is -2.08. The van der Waals surface area contributed by atoms with Crippen LogP contribution in [0, 0.1) is 6.92 Å². The Morgan fingerprint density at radius 3 is 2.42 bits per heavy atom. The lowest BCUT2D eigenvalue weighted by atomic mass is 10.2. The largest absolute Gasteiger partial charge is 0.482 e. The van der Waals surface area contributed by atoms with Crippen molar-refractivity contribution in [3.8, 4) is 17.2 Å². The van der Waals surface area contributed by atoms with Crippen molar-refractivity contribution in [2.75, 3.05) is 11.1 Å². The van der Waals surface area contributed by atoms with Crippen LogP contribution in [0.25, 0.3) is 0 Å². The van der Waals surface area contributed by atoms with Crippen LogP contribution >= 0.6 is 23.4 Å². The fourth-order valence-electron chi connectivity index (χ4n) is 2.73. The fourth-order valence-corrected chi connectivity index (χ4v) is 3.50. The van der Waals surface area contributed by atoms with Gasteiger partial charge in [-0.15, -0.1) is 10.2 Å². The van der Waals surface area contributed by atoms with Gasteiger partial charge in [0.1, 0.15) is 17.2 Å². The van der Waals surface area contributed by atoms with Crippen LogP contribution < -0.4 is 14.8 Å². The van der Waals surface area contributed by atoms with Gasteiger partial charge in [-0.2, -0.15) is 0 Å². The SMILES string of the molecule is Cc1ccc(Oc2ccc(NC(=O)CSc3nnc(COc4ccccc4Cl)o3)cc2)cc1. The van der Waals surface area contributed by atoms with E-state index in [9.17, 15) is 4.79 Å². The Bertz CT molecular complexity index is 1210. The summed E-state index contributed by atoms with van der Waals surface area (Å²) < 4.78 is 16.9. The van der Waals surface area contributed by atoms with Crippen LogP contribution in [0.4, 0.5) is 5.69 Å². The lowest BCUT2D eigenvalue weighted by molar-refractivity contribution is -0.113. The summed E-state index contributed by atoms with van der Waals surface area (Å²) in [6.07, 6.45) is 0. The number of aryl methyl sites for hydroxylation is 1. The van der Waals surface area contributed by atoms with E-state index in [0.717, 1.165) is 17.5 Å². The molecule has 7 nitrogen and oxygen atoms in total. The molecule has 0 bridgehead atoms. The van der Waals surface area contributed by atoms with Gasteiger partial charge >= 0.3 is 0 Å². The van der Waals surface area contributed by atoms with E-state index >= 15 is 0 Å². The highest BCUT2D eigenvalue weighted by atomic mass is 35.5. The zero-order valence-corrected chi connectivity index (χ0v) is 19.2. The van der Waals surface area contributed by atoms with Crippen molar-refractivity contribution in [3.63, 3.8) is 0 Å². The summed E-state index contributed by atoms with van der Waals surface area (Å²) >= 11 is 7.19. The lowest BCUT2D eigenvalue weighted by Crippen LogP contribution is -2.13. The number of hydrogen-bond donors (Lipinski definition) is 1. The van der Waals surface area contributed by atoms with Gasteiger partial charge in [0.05, 0.1) is 10.8 Å². The molecule has 4 aromatic rings. The first-order valence-electron chi connectivity index (χ1n) is 10.0. The van der Waals surface area contributed by atoms with E-state index in [0.29, 0.717) is 28.1 Å². The number of carbonyl (C=O) groups is 1. The van der Waals surface area contributed by atoms with E-state index in [1.807, 2.05) is 43.3 Å². The molecule has 4 rings (SSSR count). The predicted octanol–water partition coefficient (Wildman–Crippen LogP) is 6.13. The highest BCUT2D eigenvalue weighted by Gasteiger charge is 2.11. The van der Waals surface area contributed by atoms with Gasteiger partial charge in [0.25, 0.3) is 11.1 Å². The maximum Gasteiger partial charge on any atom is 0.277 e. The topological polar surface area (TPSA) is 86.5 Å². The molecule has 168 valence electrons. The third kappa shape index (κ3) is 6.74. The third-order valence-corrected chi connectivity index (χ3v) is 5.49. The van der Waals surface area contributed by atoms with Gasteiger partial charge in [-0.1, -0.05) is 53.2 Å². The van der Waals surface area contributed by atoms with E-state index in [-0.39, 0.29) is 23.5 Å². The smallest absolute Gasteiger partial charge is 0.277 e. The Kier molecular flexibility index (Phi) is 7.49. The molecule has 0 aliphatic rings. The van der Waals surface area contributed by atoms with Gasteiger partial charge in [-0.25, -0.2) is 0 Å². The van der Waals surface area contributed by atoms with Crippen molar-refractivity contribution >= 4 is 35.0 Å². The van der Waals surface area contributed by atoms with Crippen LogP contribution in [0.2, 0.25) is 5.02 Å². The molecule has 9 heteroatoms. The number of nitrogens with zero attached hydrogens (tertiary/aromatic N) is 2. The summed E-state index contributed by atoms with van der Waals surface area (Å²) in [7, 11) is 0. The van der Waals surface area contributed by atoms with Crippen LogP contribution in [-0.4, -0.2) is 21.9 Å². The molecule has 33 heavy (non-hydrogen) atoms. The second kappa shape index (κ2) is 10.9. The van der Waals surface area contributed by atoms with Crippen molar-refractivity contribution in [1.82, 2.24) is 10.2 Å². The number of carbonyl (C=O) groups excluding carboxylic acids is 1. The average molecular weight is 482 g/mol. The van der Waals surface area contributed by atoms with Crippen molar-refractivity contribution in [2.24, 2.45) is 0 Å². The van der Waals surface area contributed by atoms with Gasteiger partial charge < -0.3 is 19.2 Å². The van der Waals surface area contributed by atoms with Gasteiger partial charge in [-0.05, 0) is 55.5 Å². The Morgan fingerprint density at radius 2 is 1.70 bits per heavy atom. The summed E-state index contributed by atoms with van der Waals surface area (Å²) in [6.45, 7) is 2.11. The third-order valence-electron chi connectivity index (χ3n) is 4.36. The molecular formula is C24H20ClN3O4S. The molecule has 0 atom stereocenters. The Balaban J connectivity index is 1.22. The van der Waals surface area contributed by atoms with Crippen LogP contribution in [0.3, 0.4) is 0 Å². The first-order chi connectivity index (χ1) is 16.0. The van der Waals surface area contributed by atoms with Crippen LogP contribution in [0.5, 0.6) is 17.2 Å².